The monoisotopic (exact) mass is 289 g/mol. The standard InChI is InChI=1S/C17H23NOS/c1-10-11(2)16(18-12(10)3)17(19)15-9-13-7-5-4-6-8-14(13)20-15/h9,17-19H,4-8H2,1-3H3. The molecule has 0 aliphatic heterocycles. The Labute approximate surface area is 124 Å². The van der Waals surface area contributed by atoms with E-state index in [9.17, 15) is 5.11 Å². The van der Waals surface area contributed by atoms with Gasteiger partial charge in [-0.3, -0.25) is 0 Å². The van der Waals surface area contributed by atoms with E-state index >= 15 is 0 Å². The van der Waals surface area contributed by atoms with Crippen molar-refractivity contribution in [3.05, 3.63) is 43.9 Å². The molecule has 0 spiro atoms. The van der Waals surface area contributed by atoms with Crippen molar-refractivity contribution in [3.8, 4) is 0 Å². The number of aromatic nitrogens is 1. The fraction of sp³-hybridized carbons (Fsp3) is 0.529. The molecule has 0 saturated heterocycles. The molecule has 2 aromatic rings. The van der Waals surface area contributed by atoms with Crippen molar-refractivity contribution in [1.29, 1.82) is 0 Å². The predicted molar refractivity (Wildman–Crippen MR) is 84.6 cm³/mol. The van der Waals surface area contributed by atoms with Crippen LogP contribution >= 0.6 is 11.3 Å². The van der Waals surface area contributed by atoms with E-state index in [4.69, 9.17) is 0 Å². The van der Waals surface area contributed by atoms with Gasteiger partial charge in [0.2, 0.25) is 0 Å². The maximum atomic E-state index is 10.7. The Morgan fingerprint density at radius 1 is 1.10 bits per heavy atom. The van der Waals surface area contributed by atoms with Crippen molar-refractivity contribution in [2.24, 2.45) is 0 Å². The number of rotatable bonds is 2. The van der Waals surface area contributed by atoms with Crippen LogP contribution in [0.2, 0.25) is 0 Å². The van der Waals surface area contributed by atoms with Crippen LogP contribution in [0, 0.1) is 20.8 Å². The molecule has 2 N–H and O–H groups in total. The predicted octanol–water partition coefficient (Wildman–Crippen LogP) is 4.35. The Balaban J connectivity index is 1.94. The second kappa shape index (κ2) is 5.38. The minimum Gasteiger partial charge on any atom is -0.381 e. The van der Waals surface area contributed by atoms with E-state index in [1.807, 2.05) is 0 Å². The van der Waals surface area contributed by atoms with Gasteiger partial charge in [-0.25, -0.2) is 0 Å². The summed E-state index contributed by atoms with van der Waals surface area (Å²) in [6.45, 7) is 6.28. The van der Waals surface area contributed by atoms with Crippen LogP contribution in [0.15, 0.2) is 6.07 Å². The van der Waals surface area contributed by atoms with Gasteiger partial charge >= 0.3 is 0 Å². The lowest BCUT2D eigenvalue weighted by atomic mass is 10.1. The zero-order valence-electron chi connectivity index (χ0n) is 12.5. The summed E-state index contributed by atoms with van der Waals surface area (Å²) >= 11 is 1.81. The summed E-state index contributed by atoms with van der Waals surface area (Å²) in [5.74, 6) is 0. The van der Waals surface area contributed by atoms with E-state index in [1.165, 1.54) is 53.7 Å². The highest BCUT2D eigenvalue weighted by molar-refractivity contribution is 7.12. The summed E-state index contributed by atoms with van der Waals surface area (Å²) in [5.41, 5.74) is 6.06. The van der Waals surface area contributed by atoms with Crippen LogP contribution in [0.25, 0.3) is 0 Å². The Morgan fingerprint density at radius 3 is 2.55 bits per heavy atom. The summed E-state index contributed by atoms with van der Waals surface area (Å²) in [6.07, 6.45) is 5.80. The van der Waals surface area contributed by atoms with E-state index < -0.39 is 6.10 Å². The van der Waals surface area contributed by atoms with Crippen molar-refractivity contribution in [2.45, 2.75) is 59.0 Å². The number of hydrogen-bond acceptors (Lipinski definition) is 2. The molecule has 0 radical (unpaired) electrons. The first-order chi connectivity index (χ1) is 9.58. The molecule has 2 aromatic heterocycles. The van der Waals surface area contributed by atoms with Crippen LogP contribution in [-0.4, -0.2) is 10.1 Å². The van der Waals surface area contributed by atoms with Crippen LogP contribution in [0.4, 0.5) is 0 Å². The van der Waals surface area contributed by atoms with Gasteiger partial charge in [0.1, 0.15) is 6.10 Å². The lowest BCUT2D eigenvalue weighted by Crippen LogP contribution is -2.00. The maximum Gasteiger partial charge on any atom is 0.128 e. The molecule has 2 nitrogen and oxygen atoms in total. The normalized spacial score (nSPS) is 16.8. The maximum absolute atomic E-state index is 10.7. The average Bonchev–Trinajstić information content (AvgIpc) is 2.86. The van der Waals surface area contributed by atoms with E-state index in [1.54, 1.807) is 11.3 Å². The summed E-state index contributed by atoms with van der Waals surface area (Å²) in [5, 5.41) is 10.7. The van der Waals surface area contributed by atoms with Gasteiger partial charge in [-0.1, -0.05) is 6.42 Å². The minimum atomic E-state index is -0.501. The van der Waals surface area contributed by atoms with Crippen molar-refractivity contribution < 1.29 is 5.11 Å². The summed E-state index contributed by atoms with van der Waals surface area (Å²) in [6, 6.07) is 2.24. The number of hydrogen-bond donors (Lipinski definition) is 2. The number of nitrogens with one attached hydrogen (secondary N) is 1. The van der Waals surface area contributed by atoms with E-state index in [2.05, 4.69) is 31.8 Å². The molecule has 0 fully saturated rings. The van der Waals surface area contributed by atoms with Crippen LogP contribution in [-0.2, 0) is 12.8 Å². The summed E-state index contributed by atoms with van der Waals surface area (Å²) in [4.78, 5) is 5.95. The third kappa shape index (κ3) is 2.33. The Kier molecular flexibility index (Phi) is 3.74. The van der Waals surface area contributed by atoms with Crippen LogP contribution in [0.3, 0.4) is 0 Å². The topological polar surface area (TPSA) is 36.0 Å². The molecule has 0 bridgehead atoms. The molecule has 20 heavy (non-hydrogen) atoms. The average molecular weight is 289 g/mol. The number of aryl methyl sites for hydroxylation is 3. The number of thiophene rings is 1. The molecule has 1 aliphatic carbocycles. The molecular formula is C17H23NOS. The number of aliphatic hydroxyl groups excluding tert-OH is 1. The first-order valence-electron chi connectivity index (χ1n) is 7.53. The van der Waals surface area contributed by atoms with Gasteiger partial charge in [-0.15, -0.1) is 11.3 Å². The fourth-order valence-corrected chi connectivity index (χ4v) is 4.37. The van der Waals surface area contributed by atoms with E-state index in [0.29, 0.717) is 0 Å². The van der Waals surface area contributed by atoms with Crippen LogP contribution < -0.4 is 0 Å². The SMILES string of the molecule is Cc1[nH]c(C(O)c2cc3c(s2)CCCCC3)c(C)c1C. The highest BCUT2D eigenvalue weighted by atomic mass is 32.1. The van der Waals surface area contributed by atoms with Crippen molar-refractivity contribution in [1.82, 2.24) is 4.98 Å². The zero-order chi connectivity index (χ0) is 14.3. The van der Waals surface area contributed by atoms with Gasteiger partial charge in [-0.2, -0.15) is 0 Å². The van der Waals surface area contributed by atoms with Crippen molar-refractivity contribution in [2.75, 3.05) is 0 Å². The molecule has 1 unspecified atom stereocenters. The number of aromatic amines is 1. The van der Waals surface area contributed by atoms with Gasteiger partial charge in [0.25, 0.3) is 0 Å². The molecular weight excluding hydrogens is 266 g/mol. The third-order valence-electron chi connectivity index (χ3n) is 4.66. The van der Waals surface area contributed by atoms with Crippen molar-refractivity contribution in [3.63, 3.8) is 0 Å². The molecule has 3 heteroatoms. The lowest BCUT2D eigenvalue weighted by molar-refractivity contribution is 0.219. The number of H-pyrrole nitrogens is 1. The van der Waals surface area contributed by atoms with Crippen LogP contribution in [0.5, 0.6) is 0 Å². The van der Waals surface area contributed by atoms with Gasteiger partial charge in [0.15, 0.2) is 0 Å². The molecule has 3 rings (SSSR count). The van der Waals surface area contributed by atoms with Crippen LogP contribution in [0.1, 0.15) is 63.2 Å². The summed E-state index contributed by atoms with van der Waals surface area (Å²) in [7, 11) is 0. The van der Waals surface area contributed by atoms with E-state index in [0.717, 1.165) is 16.3 Å². The fourth-order valence-electron chi connectivity index (χ4n) is 3.11. The smallest absolute Gasteiger partial charge is 0.128 e. The van der Waals surface area contributed by atoms with Gasteiger partial charge in [0.05, 0.1) is 5.69 Å². The minimum absolute atomic E-state index is 0.501. The largest absolute Gasteiger partial charge is 0.381 e. The molecule has 0 aromatic carbocycles. The molecule has 1 aliphatic rings. The van der Waals surface area contributed by atoms with Gasteiger partial charge in [0, 0.05) is 15.4 Å². The second-order valence-electron chi connectivity index (χ2n) is 5.97. The van der Waals surface area contributed by atoms with Gasteiger partial charge in [-0.05, 0) is 69.2 Å². The molecule has 0 amide bonds. The molecule has 108 valence electrons. The highest BCUT2D eigenvalue weighted by Crippen LogP contribution is 2.36. The van der Waals surface area contributed by atoms with Gasteiger partial charge < -0.3 is 10.1 Å². The summed E-state index contributed by atoms with van der Waals surface area (Å²) < 4.78 is 0. The quantitative estimate of drug-likeness (QED) is 0.792. The Bertz CT molecular complexity index is 600. The first-order valence-corrected chi connectivity index (χ1v) is 8.34. The Hall–Kier alpha value is -1.06. The molecule has 0 saturated carbocycles. The Morgan fingerprint density at radius 2 is 1.85 bits per heavy atom. The highest BCUT2D eigenvalue weighted by Gasteiger charge is 2.21. The third-order valence-corrected chi connectivity index (χ3v) is 5.95. The second-order valence-corrected chi connectivity index (χ2v) is 7.14. The zero-order valence-corrected chi connectivity index (χ0v) is 13.4. The lowest BCUT2D eigenvalue weighted by Gasteiger charge is -2.08. The van der Waals surface area contributed by atoms with E-state index in [-0.39, 0.29) is 0 Å². The van der Waals surface area contributed by atoms with Crippen molar-refractivity contribution >= 4 is 11.3 Å². The molecule has 2 heterocycles. The number of aliphatic hydroxyl groups is 1. The first kappa shape index (κ1) is 13.9. The molecule has 1 atom stereocenters. The number of fused-ring (bicyclic) bond motifs is 1.